The van der Waals surface area contributed by atoms with Crippen molar-refractivity contribution in [2.45, 2.75) is 34.1 Å². The SMILES string of the molecule is CCOC(=O)/C(CC(=O)C(C)(C)C)=N/OC. The Hall–Kier alpha value is -1.39. The summed E-state index contributed by atoms with van der Waals surface area (Å²) in [6, 6.07) is 0. The van der Waals surface area contributed by atoms with Crippen LogP contribution in [0.25, 0.3) is 0 Å². The number of ketones is 1. The zero-order valence-corrected chi connectivity index (χ0v) is 10.5. The Morgan fingerprint density at radius 3 is 2.19 bits per heavy atom. The van der Waals surface area contributed by atoms with Crippen molar-refractivity contribution in [1.29, 1.82) is 0 Å². The molecule has 5 heteroatoms. The van der Waals surface area contributed by atoms with Gasteiger partial charge in [0.1, 0.15) is 12.9 Å². The van der Waals surface area contributed by atoms with E-state index in [2.05, 4.69) is 9.99 Å². The van der Waals surface area contributed by atoms with Gasteiger partial charge >= 0.3 is 5.97 Å². The van der Waals surface area contributed by atoms with Crippen LogP contribution in [0.5, 0.6) is 0 Å². The summed E-state index contributed by atoms with van der Waals surface area (Å²) in [7, 11) is 1.32. The molecule has 0 aliphatic carbocycles. The van der Waals surface area contributed by atoms with Crippen LogP contribution in [-0.2, 0) is 19.2 Å². The third kappa shape index (κ3) is 4.91. The highest BCUT2D eigenvalue weighted by molar-refractivity contribution is 6.39. The predicted molar refractivity (Wildman–Crippen MR) is 60.2 cm³/mol. The van der Waals surface area contributed by atoms with Gasteiger partial charge in [-0.15, -0.1) is 0 Å². The van der Waals surface area contributed by atoms with Crippen molar-refractivity contribution in [3.05, 3.63) is 0 Å². The minimum Gasteiger partial charge on any atom is -0.461 e. The first kappa shape index (κ1) is 14.6. The first-order chi connectivity index (χ1) is 7.32. The predicted octanol–water partition coefficient (Wildman–Crippen LogP) is 1.56. The lowest BCUT2D eigenvalue weighted by Crippen LogP contribution is -2.28. The van der Waals surface area contributed by atoms with Crippen molar-refractivity contribution in [2.75, 3.05) is 13.7 Å². The smallest absolute Gasteiger partial charge is 0.356 e. The summed E-state index contributed by atoms with van der Waals surface area (Å²) in [6.45, 7) is 7.28. The second-order valence-electron chi connectivity index (χ2n) is 4.29. The summed E-state index contributed by atoms with van der Waals surface area (Å²) in [6.07, 6.45) is -0.0732. The number of hydrogen-bond acceptors (Lipinski definition) is 5. The van der Waals surface area contributed by atoms with Gasteiger partial charge in [0, 0.05) is 5.41 Å². The monoisotopic (exact) mass is 229 g/mol. The minimum absolute atomic E-state index is 0.00396. The van der Waals surface area contributed by atoms with Crippen LogP contribution in [0.1, 0.15) is 34.1 Å². The van der Waals surface area contributed by atoms with Crippen LogP contribution in [0.3, 0.4) is 0 Å². The molecule has 0 rings (SSSR count). The molecule has 0 N–H and O–H groups in total. The first-order valence-corrected chi connectivity index (χ1v) is 5.13. The second-order valence-corrected chi connectivity index (χ2v) is 4.29. The van der Waals surface area contributed by atoms with Crippen molar-refractivity contribution in [1.82, 2.24) is 0 Å². The molecule has 0 atom stereocenters. The fourth-order valence-electron chi connectivity index (χ4n) is 0.884. The Balaban J connectivity index is 4.66. The Labute approximate surface area is 95.8 Å². The van der Waals surface area contributed by atoms with E-state index in [1.165, 1.54) is 7.11 Å². The van der Waals surface area contributed by atoms with Gasteiger partial charge in [0.2, 0.25) is 0 Å². The topological polar surface area (TPSA) is 65.0 Å². The number of hydrogen-bond donors (Lipinski definition) is 0. The summed E-state index contributed by atoms with van der Waals surface area (Å²) in [5.74, 6) is -0.696. The summed E-state index contributed by atoms with van der Waals surface area (Å²) >= 11 is 0. The van der Waals surface area contributed by atoms with Crippen LogP contribution in [0.2, 0.25) is 0 Å². The molecule has 0 bridgehead atoms. The molecule has 16 heavy (non-hydrogen) atoms. The van der Waals surface area contributed by atoms with Gasteiger partial charge in [-0.1, -0.05) is 25.9 Å². The van der Waals surface area contributed by atoms with Crippen LogP contribution >= 0.6 is 0 Å². The van der Waals surface area contributed by atoms with E-state index >= 15 is 0 Å². The van der Waals surface area contributed by atoms with Crippen LogP contribution in [0.15, 0.2) is 5.16 Å². The highest BCUT2D eigenvalue weighted by Crippen LogP contribution is 2.17. The van der Waals surface area contributed by atoms with E-state index < -0.39 is 11.4 Å². The molecule has 0 saturated heterocycles. The van der Waals surface area contributed by atoms with E-state index in [1.807, 2.05) is 0 Å². The number of carbonyl (C=O) groups excluding carboxylic acids is 2. The molecule has 0 amide bonds. The van der Waals surface area contributed by atoms with Crippen LogP contribution in [0, 0.1) is 5.41 Å². The Bertz CT molecular complexity index is 289. The van der Waals surface area contributed by atoms with Crippen molar-refractivity contribution in [3.8, 4) is 0 Å². The summed E-state index contributed by atoms with van der Waals surface area (Å²) in [4.78, 5) is 27.6. The van der Waals surface area contributed by atoms with Crippen LogP contribution in [0.4, 0.5) is 0 Å². The standard InChI is InChI=1S/C11H19NO4/c1-6-16-10(14)8(12-15-5)7-9(13)11(2,3)4/h6-7H2,1-5H3/b12-8+. The molecule has 0 aromatic carbocycles. The first-order valence-electron chi connectivity index (χ1n) is 5.13. The highest BCUT2D eigenvalue weighted by Gasteiger charge is 2.26. The van der Waals surface area contributed by atoms with Crippen LogP contribution in [-0.4, -0.2) is 31.2 Å². The quantitative estimate of drug-likeness (QED) is 0.407. The van der Waals surface area contributed by atoms with Gasteiger partial charge < -0.3 is 9.57 Å². The van der Waals surface area contributed by atoms with Gasteiger partial charge in [0.15, 0.2) is 5.71 Å². The number of oxime groups is 1. The largest absolute Gasteiger partial charge is 0.461 e. The Morgan fingerprint density at radius 2 is 1.81 bits per heavy atom. The van der Waals surface area contributed by atoms with Crippen molar-refractivity contribution in [3.63, 3.8) is 0 Å². The zero-order chi connectivity index (χ0) is 12.8. The second kappa shape index (κ2) is 6.25. The van der Waals surface area contributed by atoms with Gasteiger partial charge in [-0.3, -0.25) is 4.79 Å². The molecular weight excluding hydrogens is 210 g/mol. The van der Waals surface area contributed by atoms with Gasteiger partial charge in [-0.2, -0.15) is 0 Å². The lowest BCUT2D eigenvalue weighted by atomic mass is 9.88. The summed E-state index contributed by atoms with van der Waals surface area (Å²) in [5, 5.41) is 3.52. The molecule has 92 valence electrons. The normalized spacial score (nSPS) is 12.2. The van der Waals surface area contributed by atoms with E-state index in [4.69, 9.17) is 4.74 Å². The molecule has 0 aromatic heterocycles. The number of nitrogens with zero attached hydrogens (tertiary/aromatic N) is 1. The van der Waals surface area contributed by atoms with Crippen molar-refractivity contribution in [2.24, 2.45) is 10.6 Å². The van der Waals surface area contributed by atoms with Gasteiger partial charge in [-0.05, 0) is 6.92 Å². The molecule has 0 aromatic rings. The number of esters is 1. The minimum atomic E-state index is -0.609. The molecule has 0 aliphatic rings. The van der Waals surface area contributed by atoms with Crippen LogP contribution < -0.4 is 0 Å². The zero-order valence-electron chi connectivity index (χ0n) is 10.5. The third-order valence-electron chi connectivity index (χ3n) is 1.88. The van der Waals surface area contributed by atoms with Gasteiger partial charge in [0.25, 0.3) is 0 Å². The van der Waals surface area contributed by atoms with Crippen molar-refractivity contribution < 1.29 is 19.2 Å². The maximum Gasteiger partial charge on any atom is 0.356 e. The van der Waals surface area contributed by atoms with Crippen molar-refractivity contribution >= 4 is 17.5 Å². The average molecular weight is 229 g/mol. The van der Waals surface area contributed by atoms with E-state index in [0.717, 1.165) is 0 Å². The summed E-state index contributed by atoms with van der Waals surface area (Å²) in [5.41, 5.74) is -0.509. The third-order valence-corrected chi connectivity index (χ3v) is 1.88. The maximum absolute atomic E-state index is 11.7. The number of carbonyl (C=O) groups is 2. The molecule has 0 aliphatic heterocycles. The summed E-state index contributed by atoms with van der Waals surface area (Å²) < 4.78 is 4.77. The Kier molecular flexibility index (Phi) is 5.71. The van der Waals surface area contributed by atoms with E-state index in [1.54, 1.807) is 27.7 Å². The molecule has 0 saturated carbocycles. The molecule has 0 spiro atoms. The van der Waals surface area contributed by atoms with E-state index in [-0.39, 0.29) is 24.5 Å². The lowest BCUT2D eigenvalue weighted by molar-refractivity contribution is -0.136. The molecule has 5 nitrogen and oxygen atoms in total. The fourth-order valence-corrected chi connectivity index (χ4v) is 0.884. The van der Waals surface area contributed by atoms with Gasteiger partial charge in [-0.25, -0.2) is 4.79 Å². The highest BCUT2D eigenvalue weighted by atomic mass is 16.6. The van der Waals surface area contributed by atoms with E-state index in [0.29, 0.717) is 0 Å². The number of ether oxygens (including phenoxy) is 1. The fraction of sp³-hybridized carbons (Fsp3) is 0.727. The maximum atomic E-state index is 11.7. The number of rotatable bonds is 5. The molecule has 0 unspecified atom stereocenters. The van der Waals surface area contributed by atoms with Gasteiger partial charge in [0.05, 0.1) is 13.0 Å². The lowest BCUT2D eigenvalue weighted by Gasteiger charge is -2.16. The number of Topliss-reactive ketones (excluding diaryl/α,β-unsaturated/α-hetero) is 1. The Morgan fingerprint density at radius 1 is 1.25 bits per heavy atom. The molecule has 0 fully saturated rings. The molecule has 0 heterocycles. The molecular formula is C11H19NO4. The van der Waals surface area contributed by atoms with E-state index in [9.17, 15) is 9.59 Å². The molecule has 0 radical (unpaired) electrons. The average Bonchev–Trinajstić information content (AvgIpc) is 2.15.